The predicted octanol–water partition coefficient (Wildman–Crippen LogP) is 3.87. The zero-order valence-corrected chi connectivity index (χ0v) is 13.9. The van der Waals surface area contributed by atoms with Gasteiger partial charge in [0.2, 0.25) is 5.91 Å². The van der Waals surface area contributed by atoms with Crippen LogP contribution in [0, 0.1) is 0 Å². The molecule has 4 heteroatoms. The Hall–Kier alpha value is -2.23. The number of rotatable bonds is 3. The molecule has 0 aliphatic heterocycles. The molecule has 1 saturated carbocycles. The molecule has 0 bridgehead atoms. The molecule has 2 aliphatic carbocycles. The van der Waals surface area contributed by atoms with Gasteiger partial charge in [0.05, 0.1) is 11.6 Å². The van der Waals surface area contributed by atoms with E-state index in [1.54, 1.807) is 6.20 Å². The molecule has 2 aromatic rings. The van der Waals surface area contributed by atoms with Crippen molar-refractivity contribution in [3.05, 3.63) is 54.0 Å². The number of aromatic nitrogens is 2. The fourth-order valence-electron chi connectivity index (χ4n) is 4.16. The number of aryl methyl sites for hydroxylation is 1. The van der Waals surface area contributed by atoms with Gasteiger partial charge in [-0.05, 0) is 55.9 Å². The molecule has 0 N–H and O–H groups in total. The van der Waals surface area contributed by atoms with E-state index in [2.05, 4.69) is 16.0 Å². The van der Waals surface area contributed by atoms with E-state index in [-0.39, 0.29) is 17.9 Å². The monoisotopic (exact) mass is 321 g/mol. The molecular weight excluding hydrogens is 298 g/mol. The summed E-state index contributed by atoms with van der Waals surface area (Å²) in [4.78, 5) is 24.5. The second-order valence-corrected chi connectivity index (χ2v) is 6.83. The number of hydrogen-bond acceptors (Lipinski definition) is 3. The first-order valence-corrected chi connectivity index (χ1v) is 9.02. The molecule has 0 aromatic carbocycles. The lowest BCUT2D eigenvalue weighted by Crippen LogP contribution is -2.43. The normalized spacial score (nSPS) is 20.6. The molecule has 0 saturated heterocycles. The van der Waals surface area contributed by atoms with Crippen molar-refractivity contribution in [1.82, 2.24) is 9.97 Å². The van der Waals surface area contributed by atoms with Crippen molar-refractivity contribution in [2.75, 3.05) is 4.90 Å². The molecule has 124 valence electrons. The standard InChI is InChI=1S/C20H23N3O/c24-20(17-11-5-7-15-8-6-14-22-19(15)17)23(16-9-1-2-10-16)18-12-3-4-13-21-18/h3-4,6,8,12-14,16-17H,1-2,5,7,9-11H2/t17-/m1/s1. The third-order valence-corrected chi connectivity index (χ3v) is 5.32. The number of amides is 1. The van der Waals surface area contributed by atoms with Crippen LogP contribution in [-0.2, 0) is 11.2 Å². The largest absolute Gasteiger partial charge is 0.293 e. The number of pyridine rings is 2. The summed E-state index contributed by atoms with van der Waals surface area (Å²) in [6, 6.07) is 10.2. The second kappa shape index (κ2) is 6.71. The quantitative estimate of drug-likeness (QED) is 0.862. The van der Waals surface area contributed by atoms with Crippen LogP contribution in [0.15, 0.2) is 42.7 Å². The molecule has 4 rings (SSSR count). The molecule has 0 unspecified atom stereocenters. The van der Waals surface area contributed by atoms with E-state index in [4.69, 9.17) is 0 Å². The Balaban J connectivity index is 1.70. The Labute approximate surface area is 142 Å². The summed E-state index contributed by atoms with van der Waals surface area (Å²) >= 11 is 0. The van der Waals surface area contributed by atoms with Gasteiger partial charge in [-0.2, -0.15) is 0 Å². The summed E-state index contributed by atoms with van der Waals surface area (Å²) in [5.41, 5.74) is 2.21. The van der Waals surface area contributed by atoms with Crippen molar-refractivity contribution in [2.24, 2.45) is 0 Å². The highest BCUT2D eigenvalue weighted by Gasteiger charge is 2.36. The molecule has 2 aliphatic rings. The number of anilines is 1. The average molecular weight is 321 g/mol. The molecule has 24 heavy (non-hydrogen) atoms. The number of nitrogens with zero attached hydrogens (tertiary/aromatic N) is 3. The van der Waals surface area contributed by atoms with Gasteiger partial charge in [0.1, 0.15) is 5.82 Å². The van der Waals surface area contributed by atoms with Crippen LogP contribution < -0.4 is 4.90 Å². The molecular formula is C20H23N3O. The fraction of sp³-hybridized carbons (Fsp3) is 0.450. The predicted molar refractivity (Wildman–Crippen MR) is 93.9 cm³/mol. The number of carbonyl (C=O) groups excluding carboxylic acids is 1. The highest BCUT2D eigenvalue weighted by Crippen LogP contribution is 2.35. The lowest BCUT2D eigenvalue weighted by molar-refractivity contribution is -0.121. The molecule has 2 aromatic heterocycles. The maximum Gasteiger partial charge on any atom is 0.237 e. The smallest absolute Gasteiger partial charge is 0.237 e. The Bertz CT molecular complexity index is 710. The lowest BCUT2D eigenvalue weighted by Gasteiger charge is -2.33. The van der Waals surface area contributed by atoms with Crippen molar-refractivity contribution in [2.45, 2.75) is 56.9 Å². The van der Waals surface area contributed by atoms with Gasteiger partial charge in [0.15, 0.2) is 0 Å². The minimum Gasteiger partial charge on any atom is -0.293 e. The van der Waals surface area contributed by atoms with E-state index in [1.807, 2.05) is 35.4 Å². The van der Waals surface area contributed by atoms with Crippen molar-refractivity contribution in [1.29, 1.82) is 0 Å². The van der Waals surface area contributed by atoms with Gasteiger partial charge < -0.3 is 0 Å². The van der Waals surface area contributed by atoms with Crippen LogP contribution in [0.3, 0.4) is 0 Å². The fourth-order valence-corrected chi connectivity index (χ4v) is 4.16. The SMILES string of the molecule is O=C([C@@H]1CCCc2cccnc21)N(c1ccccn1)C1CCCC1. The van der Waals surface area contributed by atoms with Crippen molar-refractivity contribution < 1.29 is 4.79 Å². The molecule has 1 amide bonds. The maximum absolute atomic E-state index is 13.5. The second-order valence-electron chi connectivity index (χ2n) is 6.83. The van der Waals surface area contributed by atoms with Crippen LogP contribution in [-0.4, -0.2) is 21.9 Å². The first-order valence-electron chi connectivity index (χ1n) is 9.02. The third-order valence-electron chi connectivity index (χ3n) is 5.32. The van der Waals surface area contributed by atoms with Crippen LogP contribution in [0.25, 0.3) is 0 Å². The molecule has 0 radical (unpaired) electrons. The van der Waals surface area contributed by atoms with Gasteiger partial charge in [-0.25, -0.2) is 4.98 Å². The van der Waals surface area contributed by atoms with Gasteiger partial charge in [-0.1, -0.05) is 25.0 Å². The zero-order chi connectivity index (χ0) is 16.4. The molecule has 0 spiro atoms. The van der Waals surface area contributed by atoms with Gasteiger partial charge in [-0.3, -0.25) is 14.7 Å². The minimum atomic E-state index is -0.127. The average Bonchev–Trinajstić information content (AvgIpc) is 3.16. The van der Waals surface area contributed by atoms with E-state index in [0.29, 0.717) is 0 Å². The lowest BCUT2D eigenvalue weighted by atomic mass is 9.85. The van der Waals surface area contributed by atoms with Crippen LogP contribution >= 0.6 is 0 Å². The molecule has 2 heterocycles. The van der Waals surface area contributed by atoms with E-state index in [9.17, 15) is 4.79 Å². The Morgan fingerprint density at radius 1 is 0.958 bits per heavy atom. The topological polar surface area (TPSA) is 46.1 Å². The van der Waals surface area contributed by atoms with Gasteiger partial charge in [0.25, 0.3) is 0 Å². The number of fused-ring (bicyclic) bond motifs is 1. The highest BCUT2D eigenvalue weighted by atomic mass is 16.2. The molecule has 4 nitrogen and oxygen atoms in total. The summed E-state index contributed by atoms with van der Waals surface area (Å²) < 4.78 is 0. The first-order chi connectivity index (χ1) is 11.8. The number of hydrogen-bond donors (Lipinski definition) is 0. The van der Waals surface area contributed by atoms with E-state index in [0.717, 1.165) is 43.6 Å². The Morgan fingerprint density at radius 2 is 1.79 bits per heavy atom. The van der Waals surface area contributed by atoms with Crippen LogP contribution in [0.1, 0.15) is 55.7 Å². The van der Waals surface area contributed by atoms with Gasteiger partial charge >= 0.3 is 0 Å². The Kier molecular flexibility index (Phi) is 4.28. The van der Waals surface area contributed by atoms with E-state index in [1.165, 1.54) is 18.4 Å². The highest BCUT2D eigenvalue weighted by molar-refractivity contribution is 5.98. The summed E-state index contributed by atoms with van der Waals surface area (Å²) in [6.45, 7) is 0. The van der Waals surface area contributed by atoms with E-state index < -0.39 is 0 Å². The zero-order valence-electron chi connectivity index (χ0n) is 13.9. The number of carbonyl (C=O) groups is 1. The molecule has 1 atom stereocenters. The maximum atomic E-state index is 13.5. The van der Waals surface area contributed by atoms with Crippen molar-refractivity contribution in [3.63, 3.8) is 0 Å². The summed E-state index contributed by atoms with van der Waals surface area (Å²) in [5.74, 6) is 0.843. The minimum absolute atomic E-state index is 0.127. The van der Waals surface area contributed by atoms with Crippen molar-refractivity contribution in [3.8, 4) is 0 Å². The molecule has 1 fully saturated rings. The van der Waals surface area contributed by atoms with Crippen molar-refractivity contribution >= 4 is 11.7 Å². The van der Waals surface area contributed by atoms with Crippen LogP contribution in [0.4, 0.5) is 5.82 Å². The first kappa shape index (κ1) is 15.3. The van der Waals surface area contributed by atoms with E-state index >= 15 is 0 Å². The summed E-state index contributed by atoms with van der Waals surface area (Å²) in [6.07, 6.45) is 11.1. The third kappa shape index (κ3) is 2.81. The van der Waals surface area contributed by atoms with Crippen LogP contribution in [0.2, 0.25) is 0 Å². The van der Waals surface area contributed by atoms with Gasteiger partial charge in [-0.15, -0.1) is 0 Å². The van der Waals surface area contributed by atoms with Crippen LogP contribution in [0.5, 0.6) is 0 Å². The summed E-state index contributed by atoms with van der Waals surface area (Å²) in [5, 5.41) is 0. The Morgan fingerprint density at radius 3 is 2.58 bits per heavy atom. The summed E-state index contributed by atoms with van der Waals surface area (Å²) in [7, 11) is 0. The van der Waals surface area contributed by atoms with Gasteiger partial charge in [0, 0.05) is 18.4 Å².